The number of hydrogen-bond donors (Lipinski definition) is 3. The van der Waals surface area contributed by atoms with Gasteiger partial charge in [0.25, 0.3) is 0 Å². The number of H-pyrrole nitrogens is 1. The molecule has 0 aliphatic heterocycles. The Morgan fingerprint density at radius 2 is 2.10 bits per heavy atom. The number of aromatic amines is 1. The zero-order chi connectivity index (χ0) is 14.9. The van der Waals surface area contributed by atoms with Crippen LogP contribution < -0.4 is 22.6 Å². The van der Waals surface area contributed by atoms with Crippen molar-refractivity contribution in [2.45, 2.75) is 10.1 Å². The van der Waals surface area contributed by atoms with Gasteiger partial charge in [-0.3, -0.25) is 24.2 Å². The summed E-state index contributed by atoms with van der Waals surface area (Å²) in [5.74, 6) is -0.644. The van der Waals surface area contributed by atoms with Crippen LogP contribution in [0.4, 0.5) is 5.69 Å². The van der Waals surface area contributed by atoms with E-state index in [0.717, 1.165) is 11.8 Å². The molecule has 0 fully saturated rings. The maximum absolute atomic E-state index is 11.4. The highest BCUT2D eigenvalue weighted by atomic mass is 32.2. The molecular weight excluding hydrogens is 282 g/mol. The number of rotatable bonds is 3. The molecular formula is C11H11N5O3S. The number of nitrogens with zero attached hydrogens (tertiary/aromatic N) is 2. The lowest BCUT2D eigenvalue weighted by Crippen LogP contribution is -2.33. The summed E-state index contributed by atoms with van der Waals surface area (Å²) < 4.78 is 1.29. The van der Waals surface area contributed by atoms with Gasteiger partial charge < -0.3 is 11.5 Å². The van der Waals surface area contributed by atoms with Crippen molar-refractivity contribution in [2.24, 2.45) is 12.8 Å². The highest BCUT2D eigenvalue weighted by molar-refractivity contribution is 7.99. The van der Waals surface area contributed by atoms with Crippen LogP contribution >= 0.6 is 11.8 Å². The van der Waals surface area contributed by atoms with Gasteiger partial charge in [-0.1, -0.05) is 0 Å². The zero-order valence-electron chi connectivity index (χ0n) is 10.4. The van der Waals surface area contributed by atoms with Crippen LogP contribution in [0.25, 0.3) is 0 Å². The van der Waals surface area contributed by atoms with Crippen molar-refractivity contribution in [2.75, 3.05) is 5.73 Å². The van der Waals surface area contributed by atoms with Crippen LogP contribution in [0.3, 0.4) is 0 Å². The van der Waals surface area contributed by atoms with Crippen LogP contribution in [-0.4, -0.2) is 20.7 Å². The first-order chi connectivity index (χ1) is 9.38. The quantitative estimate of drug-likeness (QED) is 0.505. The van der Waals surface area contributed by atoms with Gasteiger partial charge in [0, 0.05) is 17.6 Å². The minimum atomic E-state index is -0.901. The summed E-state index contributed by atoms with van der Waals surface area (Å²) >= 11 is 1.03. The van der Waals surface area contributed by atoms with Crippen LogP contribution in [0.1, 0.15) is 10.4 Å². The summed E-state index contributed by atoms with van der Waals surface area (Å²) in [6.45, 7) is 0. The second-order valence-corrected chi connectivity index (χ2v) is 4.93. The lowest BCUT2D eigenvalue weighted by atomic mass is 10.2. The molecule has 0 saturated carbocycles. The number of nitrogen functional groups attached to an aromatic ring is 1. The molecule has 8 nitrogen and oxygen atoms in total. The molecule has 0 unspecified atom stereocenters. The van der Waals surface area contributed by atoms with Gasteiger partial charge in [0.2, 0.25) is 5.91 Å². The third-order valence-electron chi connectivity index (χ3n) is 2.42. The Balaban J connectivity index is 2.50. The predicted molar refractivity (Wildman–Crippen MR) is 73.6 cm³/mol. The molecule has 0 aliphatic rings. The van der Waals surface area contributed by atoms with E-state index in [1.807, 2.05) is 0 Å². The lowest BCUT2D eigenvalue weighted by molar-refractivity contribution is 0.0997. The maximum Gasteiger partial charge on any atom is 0.339 e. The topological polar surface area (TPSA) is 137 Å². The van der Waals surface area contributed by atoms with Crippen LogP contribution in [0, 0.1) is 0 Å². The number of hydrogen-bond acceptors (Lipinski definition) is 6. The van der Waals surface area contributed by atoms with E-state index in [0.29, 0.717) is 10.6 Å². The molecule has 20 heavy (non-hydrogen) atoms. The second-order valence-electron chi connectivity index (χ2n) is 3.92. The number of benzene rings is 1. The molecule has 0 aliphatic carbocycles. The molecule has 0 atom stereocenters. The predicted octanol–water partition coefficient (Wildman–Crippen LogP) is -0.699. The fraction of sp³-hybridized carbons (Fsp3) is 0.0909. The summed E-state index contributed by atoms with van der Waals surface area (Å²) in [6, 6.07) is 4.63. The third-order valence-corrected chi connectivity index (χ3v) is 3.54. The van der Waals surface area contributed by atoms with E-state index < -0.39 is 17.0 Å². The van der Waals surface area contributed by atoms with Crippen molar-refractivity contribution in [3.8, 4) is 0 Å². The molecule has 0 radical (unpaired) electrons. The number of carbonyl (C=O) groups excluding carboxylic acids is 1. The number of nitrogens with one attached hydrogen (secondary N) is 1. The monoisotopic (exact) mass is 293 g/mol. The van der Waals surface area contributed by atoms with Gasteiger partial charge in [-0.25, -0.2) is 0 Å². The minimum Gasteiger partial charge on any atom is -0.399 e. The normalized spacial score (nSPS) is 10.4. The van der Waals surface area contributed by atoms with Crippen LogP contribution in [0.2, 0.25) is 0 Å². The Morgan fingerprint density at radius 3 is 2.75 bits per heavy atom. The molecule has 1 heterocycles. The highest BCUT2D eigenvalue weighted by Crippen LogP contribution is 2.28. The third kappa shape index (κ3) is 2.72. The van der Waals surface area contributed by atoms with Crippen molar-refractivity contribution in [1.29, 1.82) is 0 Å². The fourth-order valence-electron chi connectivity index (χ4n) is 1.48. The van der Waals surface area contributed by atoms with Crippen molar-refractivity contribution in [1.82, 2.24) is 14.8 Å². The van der Waals surface area contributed by atoms with Gasteiger partial charge in [0.05, 0.1) is 5.56 Å². The highest BCUT2D eigenvalue weighted by Gasteiger charge is 2.13. The summed E-state index contributed by atoms with van der Waals surface area (Å²) in [4.78, 5) is 37.9. The van der Waals surface area contributed by atoms with Crippen molar-refractivity contribution in [3.63, 3.8) is 0 Å². The van der Waals surface area contributed by atoms with Crippen molar-refractivity contribution < 1.29 is 4.79 Å². The number of aromatic nitrogens is 3. The number of aryl methyl sites for hydroxylation is 1. The van der Waals surface area contributed by atoms with Crippen molar-refractivity contribution >= 4 is 23.4 Å². The Morgan fingerprint density at radius 1 is 1.40 bits per heavy atom. The fourth-order valence-corrected chi connectivity index (χ4v) is 2.39. The first kappa shape index (κ1) is 13.9. The van der Waals surface area contributed by atoms with Gasteiger partial charge in [0.1, 0.15) is 0 Å². The van der Waals surface area contributed by atoms with Gasteiger partial charge in [-0.05, 0) is 30.0 Å². The van der Waals surface area contributed by atoms with E-state index >= 15 is 0 Å². The van der Waals surface area contributed by atoms with E-state index in [9.17, 15) is 14.4 Å². The second kappa shape index (κ2) is 5.21. The molecule has 1 amide bonds. The molecule has 1 aromatic carbocycles. The molecule has 0 spiro atoms. The van der Waals surface area contributed by atoms with Crippen molar-refractivity contribution in [3.05, 3.63) is 44.5 Å². The molecule has 0 bridgehead atoms. The number of anilines is 1. The average molecular weight is 293 g/mol. The summed E-state index contributed by atoms with van der Waals surface area (Å²) in [7, 11) is 1.53. The molecule has 2 rings (SSSR count). The molecule has 9 heteroatoms. The van der Waals surface area contributed by atoms with Gasteiger partial charge in [0.15, 0.2) is 5.16 Å². The van der Waals surface area contributed by atoms with E-state index in [1.165, 1.54) is 17.8 Å². The molecule has 0 saturated heterocycles. The number of nitrogens with two attached hydrogens (primary N) is 2. The number of primary amides is 1. The first-order valence-electron chi connectivity index (χ1n) is 5.43. The summed E-state index contributed by atoms with van der Waals surface area (Å²) in [5.41, 5.74) is 9.77. The summed E-state index contributed by atoms with van der Waals surface area (Å²) in [5, 5.41) is 2.54. The first-order valence-corrected chi connectivity index (χ1v) is 6.24. The number of carbonyl (C=O) groups is 1. The van der Waals surface area contributed by atoms with Crippen LogP contribution in [0.5, 0.6) is 0 Å². The van der Waals surface area contributed by atoms with Gasteiger partial charge in [-0.15, -0.1) is 0 Å². The van der Waals surface area contributed by atoms with E-state index in [2.05, 4.69) is 10.1 Å². The average Bonchev–Trinajstić information content (AvgIpc) is 2.37. The Labute approximate surface area is 116 Å². The minimum absolute atomic E-state index is 0.218. The molecule has 1 aromatic heterocycles. The zero-order valence-corrected chi connectivity index (χ0v) is 11.2. The Hall–Kier alpha value is -2.55. The standard InChI is InChI=1S/C11H11N5O3S/c1-16-11(14-9(18)10(19)15-16)20-7-3-2-5(12)4-6(7)8(13)17/h2-4H,12H2,1H3,(H2,13,17)(H,15,19). The van der Waals surface area contributed by atoms with E-state index in [1.54, 1.807) is 12.1 Å². The summed E-state index contributed by atoms with van der Waals surface area (Å²) in [6.07, 6.45) is 0. The van der Waals surface area contributed by atoms with Gasteiger partial charge in [-0.2, -0.15) is 4.98 Å². The van der Waals surface area contributed by atoms with Crippen LogP contribution in [-0.2, 0) is 7.05 Å². The Bertz CT molecular complexity index is 795. The molecule has 5 N–H and O–H groups in total. The van der Waals surface area contributed by atoms with E-state index in [4.69, 9.17) is 11.5 Å². The van der Waals surface area contributed by atoms with Gasteiger partial charge >= 0.3 is 11.1 Å². The smallest absolute Gasteiger partial charge is 0.339 e. The maximum atomic E-state index is 11.4. The van der Waals surface area contributed by atoms with Crippen LogP contribution in [0.15, 0.2) is 37.8 Å². The largest absolute Gasteiger partial charge is 0.399 e. The molecule has 2 aromatic rings. The molecule has 104 valence electrons. The SMILES string of the molecule is Cn1[nH]c(=O)c(=O)nc1Sc1ccc(N)cc1C(N)=O. The number of amides is 1. The van der Waals surface area contributed by atoms with E-state index in [-0.39, 0.29) is 10.7 Å². The lowest BCUT2D eigenvalue weighted by Gasteiger charge is -2.09. The Kier molecular flexibility index (Phi) is 3.61.